The molecule has 0 spiro atoms. The van der Waals surface area contributed by atoms with Gasteiger partial charge in [-0.3, -0.25) is 4.57 Å². The van der Waals surface area contributed by atoms with Crippen LogP contribution in [0.3, 0.4) is 0 Å². The van der Waals surface area contributed by atoms with Crippen molar-refractivity contribution in [3.05, 3.63) is 188 Å². The summed E-state index contributed by atoms with van der Waals surface area (Å²) in [6, 6.07) is 60.1. The van der Waals surface area contributed by atoms with Crippen molar-refractivity contribution in [3.63, 3.8) is 0 Å². The van der Waals surface area contributed by atoms with Gasteiger partial charge in [-0.05, 0) is 76.2 Å². The third-order valence-electron chi connectivity index (χ3n) is 13.1. The first kappa shape index (κ1) is 33.3. The van der Waals surface area contributed by atoms with Crippen molar-refractivity contribution in [2.75, 3.05) is 0 Å². The molecule has 0 fully saturated rings. The number of rotatable bonds is 3. The van der Waals surface area contributed by atoms with Crippen molar-refractivity contribution in [2.45, 2.75) is 12.8 Å². The van der Waals surface area contributed by atoms with E-state index in [1.165, 1.54) is 87.1 Å². The van der Waals surface area contributed by atoms with Gasteiger partial charge in [0.05, 0.1) is 27.8 Å². The van der Waals surface area contributed by atoms with Gasteiger partial charge >= 0.3 is 0 Å². The van der Waals surface area contributed by atoms with Gasteiger partial charge in [-0.1, -0.05) is 152 Å². The van der Waals surface area contributed by atoms with Gasteiger partial charge in [0.2, 0.25) is 0 Å². The number of nitrogens with zero attached hydrogens (tertiary/aromatic N) is 4. The average Bonchev–Trinajstić information content (AvgIpc) is 3.94. The number of fused-ring (bicyclic) bond motifs is 16. The Kier molecular flexibility index (Phi) is 6.79. The minimum Gasteiger partial charge on any atom is -0.308 e. The Bertz CT molecular complexity index is 3950. The van der Waals surface area contributed by atoms with Crippen LogP contribution in [-0.2, 0) is 0 Å². The highest BCUT2D eigenvalue weighted by molar-refractivity contribution is 7.25. The molecule has 0 unspecified atom stereocenters. The van der Waals surface area contributed by atoms with Crippen molar-refractivity contribution in [2.24, 2.45) is 0 Å². The predicted octanol–water partition coefficient (Wildman–Crippen LogP) is 15.2. The molecule has 0 saturated carbocycles. The molecule has 0 N–H and O–H groups in total. The Morgan fingerprint density at radius 2 is 1.13 bits per heavy atom. The molecule has 8 aromatic carbocycles. The zero-order valence-electron chi connectivity index (χ0n) is 32.9. The van der Waals surface area contributed by atoms with E-state index in [9.17, 15) is 0 Å². The maximum absolute atomic E-state index is 5.80. The van der Waals surface area contributed by atoms with Gasteiger partial charge in [-0.2, -0.15) is 0 Å². The van der Waals surface area contributed by atoms with E-state index >= 15 is 0 Å². The highest BCUT2D eigenvalue weighted by atomic mass is 32.1. The summed E-state index contributed by atoms with van der Waals surface area (Å²) in [6.45, 7) is 0. The maximum atomic E-state index is 5.80. The maximum Gasteiger partial charge on any atom is 0.165 e. The molecule has 0 amide bonds. The van der Waals surface area contributed by atoms with Crippen LogP contribution in [0.15, 0.2) is 182 Å². The molecule has 14 rings (SSSR count). The Hall–Kier alpha value is -7.60. The lowest BCUT2D eigenvalue weighted by Crippen LogP contribution is -2.04. The van der Waals surface area contributed by atoms with Gasteiger partial charge in [-0.25, -0.2) is 9.97 Å². The normalized spacial score (nSPS) is 13.5. The summed E-state index contributed by atoms with van der Waals surface area (Å²) < 4.78 is 6.13. The number of benzene rings is 8. The molecule has 0 saturated heterocycles. The van der Waals surface area contributed by atoms with E-state index < -0.39 is 0 Å². The van der Waals surface area contributed by atoms with Crippen LogP contribution in [0.2, 0.25) is 0 Å². The van der Waals surface area contributed by atoms with E-state index in [0.29, 0.717) is 0 Å². The summed E-state index contributed by atoms with van der Waals surface area (Å²) in [4.78, 5) is 12.4. The molecule has 0 atom stereocenters. The quantitative estimate of drug-likeness (QED) is 0.179. The zero-order valence-corrected chi connectivity index (χ0v) is 33.7. The van der Waals surface area contributed by atoms with Crippen LogP contribution in [0, 0.1) is 0 Å². The largest absolute Gasteiger partial charge is 0.308 e. The Balaban J connectivity index is 1.18. The number of para-hydroxylation sites is 3. The molecule has 2 aliphatic rings. The number of allylic oxidation sites excluding steroid dienone is 4. The summed E-state index contributed by atoms with van der Waals surface area (Å²) in [6.07, 6.45) is 9.08. The fourth-order valence-corrected chi connectivity index (χ4v) is 11.6. The van der Waals surface area contributed by atoms with Crippen LogP contribution in [0.25, 0.3) is 125 Å². The third kappa shape index (κ3) is 4.53. The van der Waals surface area contributed by atoms with Crippen LogP contribution in [0.4, 0.5) is 0 Å². The molecule has 61 heavy (non-hydrogen) atoms. The highest BCUT2D eigenvalue weighted by Gasteiger charge is 2.30. The van der Waals surface area contributed by atoms with Crippen LogP contribution in [-0.4, -0.2) is 19.1 Å². The molecule has 12 aromatic rings. The van der Waals surface area contributed by atoms with E-state index in [1.54, 1.807) is 11.3 Å². The molecule has 0 radical (unpaired) electrons. The third-order valence-corrected chi connectivity index (χ3v) is 14.2. The SMILES string of the molecule is C1=CC(c2ccc(-c3nc4sc5ccccc5c4nc3-n3c4ccccc4c4c5c6c(cc43)c3ccccc3n6-c3ccccc3-c3ccccc3-5)c3ccccc23)=CCC1. The average molecular weight is 795 g/mol. The standard InChI is InChI=1S/C56H34N4S/c1-2-16-33(17-3-1)34-30-31-41(36-19-5-4-18-35(34)36)52-55(57-53-43-25-11-15-29-49(43)61-56(53)58-52)60-47-28-14-10-24-42(47)50-48(60)32-44-39-22-9-13-27-46(39)59-45-26-12-8-21-38(45)37-20-6-7-23-40(37)51(50)54(44)59/h2,4-32H,1,3H2. The summed E-state index contributed by atoms with van der Waals surface area (Å²) >= 11 is 1.72. The first-order valence-electron chi connectivity index (χ1n) is 21.1. The van der Waals surface area contributed by atoms with Crippen molar-refractivity contribution in [1.82, 2.24) is 19.1 Å². The highest BCUT2D eigenvalue weighted by Crippen LogP contribution is 2.52. The van der Waals surface area contributed by atoms with Crippen molar-refractivity contribution in [3.8, 4) is 45.0 Å². The molecule has 4 aromatic heterocycles. The molecule has 284 valence electrons. The first-order chi connectivity index (χ1) is 30.3. The molecule has 1 aliphatic heterocycles. The first-order valence-corrected chi connectivity index (χ1v) is 21.9. The Morgan fingerprint density at radius 3 is 1.95 bits per heavy atom. The fraction of sp³-hybridized carbons (Fsp3) is 0.0357. The van der Waals surface area contributed by atoms with E-state index in [0.717, 1.165) is 56.7 Å². The molecule has 5 heterocycles. The van der Waals surface area contributed by atoms with E-state index in [1.807, 2.05) is 0 Å². The topological polar surface area (TPSA) is 35.6 Å². The number of hydrogen-bond acceptors (Lipinski definition) is 3. The van der Waals surface area contributed by atoms with Crippen molar-refractivity contribution < 1.29 is 0 Å². The second kappa shape index (κ2) is 12.5. The lowest BCUT2D eigenvalue weighted by Gasteiger charge is -2.17. The molecular formula is C56H34N4S. The van der Waals surface area contributed by atoms with Crippen LogP contribution < -0.4 is 0 Å². The molecule has 1 aliphatic carbocycles. The van der Waals surface area contributed by atoms with E-state index in [4.69, 9.17) is 9.97 Å². The Labute approximate surface area is 354 Å². The lowest BCUT2D eigenvalue weighted by atomic mass is 9.91. The monoisotopic (exact) mass is 794 g/mol. The van der Waals surface area contributed by atoms with Crippen molar-refractivity contribution in [1.29, 1.82) is 0 Å². The minimum atomic E-state index is 0.831. The summed E-state index contributed by atoms with van der Waals surface area (Å²) in [7, 11) is 0. The lowest BCUT2D eigenvalue weighted by molar-refractivity contribution is 1.04. The zero-order chi connectivity index (χ0) is 39.8. The summed E-state index contributed by atoms with van der Waals surface area (Å²) in [5.74, 6) is 0.831. The van der Waals surface area contributed by atoms with Gasteiger partial charge in [0.15, 0.2) is 5.82 Å². The molecule has 0 bridgehead atoms. The fourth-order valence-electron chi connectivity index (χ4n) is 10.6. The number of aromatic nitrogens is 4. The summed E-state index contributed by atoms with van der Waals surface area (Å²) in [5, 5.41) is 8.36. The number of hydrogen-bond donors (Lipinski definition) is 0. The second-order valence-corrected chi connectivity index (χ2v) is 17.3. The van der Waals surface area contributed by atoms with Gasteiger partial charge in [0.1, 0.15) is 16.0 Å². The smallest absolute Gasteiger partial charge is 0.165 e. The van der Waals surface area contributed by atoms with Crippen LogP contribution >= 0.6 is 11.3 Å². The molecule has 4 nitrogen and oxygen atoms in total. The Morgan fingerprint density at radius 1 is 0.475 bits per heavy atom. The predicted molar refractivity (Wildman–Crippen MR) is 257 cm³/mol. The van der Waals surface area contributed by atoms with Gasteiger partial charge in [0.25, 0.3) is 0 Å². The number of thiophene rings is 1. The van der Waals surface area contributed by atoms with Gasteiger partial charge < -0.3 is 4.57 Å². The van der Waals surface area contributed by atoms with Crippen LogP contribution in [0.5, 0.6) is 0 Å². The van der Waals surface area contributed by atoms with E-state index in [2.05, 4.69) is 191 Å². The van der Waals surface area contributed by atoms with Gasteiger partial charge in [0, 0.05) is 48.3 Å². The summed E-state index contributed by atoms with van der Waals surface area (Å²) in [5.41, 5.74) is 16.2. The minimum absolute atomic E-state index is 0.831. The van der Waals surface area contributed by atoms with E-state index in [-0.39, 0.29) is 0 Å². The van der Waals surface area contributed by atoms with Gasteiger partial charge in [-0.15, -0.1) is 11.3 Å². The molecule has 5 heteroatoms. The van der Waals surface area contributed by atoms with Crippen LogP contribution in [0.1, 0.15) is 18.4 Å². The molecular weight excluding hydrogens is 761 g/mol. The van der Waals surface area contributed by atoms with Crippen molar-refractivity contribution >= 4 is 91.7 Å². The second-order valence-electron chi connectivity index (χ2n) is 16.3.